The van der Waals surface area contributed by atoms with E-state index in [1.54, 1.807) is 36.6 Å². The molecule has 1 heterocycles. The van der Waals surface area contributed by atoms with Crippen LogP contribution in [0.4, 0.5) is 0 Å². The van der Waals surface area contributed by atoms with Crippen LogP contribution in [-0.4, -0.2) is 160 Å². The first-order valence-corrected chi connectivity index (χ1v) is 23.1. The predicted molar refractivity (Wildman–Crippen MR) is 242 cm³/mol. The fourth-order valence-electron chi connectivity index (χ4n) is 6.80. The number of rotatable bonds is 28. The monoisotopic (exact) mass is 949 g/mol. The zero-order valence-electron chi connectivity index (χ0n) is 38.0. The van der Waals surface area contributed by atoms with Crippen molar-refractivity contribution in [3.05, 3.63) is 35.9 Å². The first-order valence-electron chi connectivity index (χ1n) is 21.7. The van der Waals surface area contributed by atoms with Crippen LogP contribution < -0.4 is 54.4 Å². The average Bonchev–Trinajstić information content (AvgIpc) is 3.76. The number of amides is 9. The van der Waals surface area contributed by atoms with Gasteiger partial charge in [-0.1, -0.05) is 36.8 Å². The van der Waals surface area contributed by atoms with Crippen LogP contribution in [0.2, 0.25) is 0 Å². The van der Waals surface area contributed by atoms with Crippen molar-refractivity contribution in [2.75, 3.05) is 25.1 Å². The molecule has 1 aliphatic heterocycles. The Balaban J connectivity index is 2.17. The summed E-state index contributed by atoms with van der Waals surface area (Å²) in [6, 6.07) is -3.19. The van der Waals surface area contributed by atoms with E-state index in [4.69, 9.17) is 17.2 Å². The number of hydrogen-bond acceptors (Lipinski definition) is 14. The minimum atomic E-state index is -1.66. The lowest BCUT2D eigenvalue weighted by Gasteiger charge is -2.29. The Bertz CT molecular complexity index is 1860. The quantitative estimate of drug-likeness (QED) is 0.0359. The summed E-state index contributed by atoms with van der Waals surface area (Å²) in [5.41, 5.74) is 17.4. The van der Waals surface area contributed by atoms with Crippen molar-refractivity contribution in [3.63, 3.8) is 0 Å². The van der Waals surface area contributed by atoms with Crippen molar-refractivity contribution in [1.82, 2.24) is 42.1 Å². The van der Waals surface area contributed by atoms with E-state index in [2.05, 4.69) is 37.2 Å². The van der Waals surface area contributed by atoms with Gasteiger partial charge in [0.25, 0.3) is 0 Å². The predicted octanol–water partition coefficient (Wildman–Crippen LogP) is -3.78. The molecule has 1 aromatic rings. The van der Waals surface area contributed by atoms with Crippen LogP contribution in [0.5, 0.6) is 0 Å². The second kappa shape index (κ2) is 28.2. The summed E-state index contributed by atoms with van der Waals surface area (Å²) in [6.07, 6.45) is 1.87. The number of carboxylic acids is 1. The minimum absolute atomic E-state index is 0.0725. The summed E-state index contributed by atoms with van der Waals surface area (Å²) in [4.78, 5) is 132. The fourth-order valence-corrected chi connectivity index (χ4v) is 7.28. The van der Waals surface area contributed by atoms with Gasteiger partial charge in [0, 0.05) is 13.0 Å². The van der Waals surface area contributed by atoms with Crippen molar-refractivity contribution in [3.8, 4) is 0 Å². The van der Waals surface area contributed by atoms with Gasteiger partial charge in [0.1, 0.15) is 48.3 Å². The molecule has 9 amide bonds. The molecule has 23 nitrogen and oxygen atoms in total. The van der Waals surface area contributed by atoms with Crippen molar-refractivity contribution >= 4 is 70.9 Å². The zero-order chi connectivity index (χ0) is 49.7. The van der Waals surface area contributed by atoms with E-state index < -0.39 is 126 Å². The number of nitrogens with two attached hydrogens (primary N) is 3. The highest BCUT2D eigenvalue weighted by molar-refractivity contribution is 7.98. The molecule has 10 atom stereocenters. The number of thioether (sulfide) groups is 1. The molecule has 1 aliphatic rings. The molecule has 0 spiro atoms. The number of carbonyl (C=O) groups is 10. The second-order valence-corrected chi connectivity index (χ2v) is 17.1. The number of primary amides is 1. The number of hydrogen-bond donors (Lipinski definition) is 12. The van der Waals surface area contributed by atoms with Crippen molar-refractivity contribution in [1.29, 1.82) is 0 Å². The molecule has 0 saturated carbocycles. The van der Waals surface area contributed by atoms with E-state index in [1.807, 2.05) is 0 Å². The molecule has 0 aromatic heterocycles. The van der Waals surface area contributed by atoms with Crippen molar-refractivity contribution in [2.45, 2.75) is 140 Å². The first-order chi connectivity index (χ1) is 31.1. The van der Waals surface area contributed by atoms with Gasteiger partial charge in [-0.25, -0.2) is 4.79 Å². The van der Waals surface area contributed by atoms with E-state index in [9.17, 15) is 58.2 Å². The van der Waals surface area contributed by atoms with E-state index >= 15 is 0 Å². The third-order valence-electron chi connectivity index (χ3n) is 10.6. The van der Waals surface area contributed by atoms with Gasteiger partial charge in [-0.05, 0) is 83.9 Å². The lowest BCUT2D eigenvalue weighted by atomic mass is 10.0. The Labute approximate surface area is 388 Å². The number of aliphatic hydroxyl groups excluding tert-OH is 1. The number of carbonyl (C=O) groups excluding carboxylic acids is 9. The molecular weight excluding hydrogens is 883 g/mol. The SMILES string of the molecule is CSCC[C@H](NC(=O)[C@@H](NC(=O)[C@H](C)NC(=O)[C@H](Cc1ccccc1)NC(=O)[C@H](CC(N)=O)NC(=O)[C@H](C)NC(=O)[C@@H]1CCCN1C(=O)[C@H](C)NC(=O)[C@@H](N)CCCCN)[C@@H](C)O)C(=O)O. The van der Waals surface area contributed by atoms with E-state index in [-0.39, 0.29) is 25.8 Å². The van der Waals surface area contributed by atoms with Crippen molar-refractivity contribution in [2.24, 2.45) is 17.2 Å². The Morgan fingerprint density at radius 1 is 0.727 bits per heavy atom. The van der Waals surface area contributed by atoms with E-state index in [0.717, 1.165) is 0 Å². The molecule has 24 heteroatoms. The minimum Gasteiger partial charge on any atom is -0.480 e. The van der Waals surface area contributed by atoms with Gasteiger partial charge in [-0.15, -0.1) is 0 Å². The highest BCUT2D eigenvalue weighted by Crippen LogP contribution is 2.19. The van der Waals surface area contributed by atoms with Gasteiger partial charge in [0.2, 0.25) is 53.2 Å². The van der Waals surface area contributed by atoms with Crippen LogP contribution in [0.3, 0.4) is 0 Å². The van der Waals surface area contributed by atoms with Gasteiger partial charge >= 0.3 is 5.97 Å². The van der Waals surface area contributed by atoms with E-state index in [0.29, 0.717) is 43.5 Å². The third-order valence-corrected chi connectivity index (χ3v) is 11.3. The number of likely N-dealkylation sites (tertiary alicyclic amines) is 1. The van der Waals surface area contributed by atoms with E-state index in [1.165, 1.54) is 44.4 Å². The number of unbranched alkanes of at least 4 members (excludes halogenated alkanes) is 1. The molecule has 0 unspecified atom stereocenters. The van der Waals surface area contributed by atoms with Crippen LogP contribution in [0.1, 0.15) is 78.2 Å². The Hall–Kier alpha value is -5.85. The van der Waals surface area contributed by atoms with Crippen LogP contribution in [0.15, 0.2) is 30.3 Å². The summed E-state index contributed by atoms with van der Waals surface area (Å²) in [6.45, 7) is 5.90. The summed E-state index contributed by atoms with van der Waals surface area (Å²) in [5, 5.41) is 36.9. The van der Waals surface area contributed by atoms with Gasteiger partial charge < -0.3 is 69.5 Å². The first kappa shape index (κ1) is 56.3. The number of aliphatic carboxylic acids is 1. The zero-order valence-corrected chi connectivity index (χ0v) is 38.8. The molecule has 1 fully saturated rings. The molecule has 368 valence electrons. The molecular formula is C42H67N11O12S. The topological polar surface area (TPSA) is 377 Å². The summed E-state index contributed by atoms with van der Waals surface area (Å²) in [7, 11) is 0. The Morgan fingerprint density at radius 2 is 1.30 bits per heavy atom. The molecule has 0 bridgehead atoms. The normalized spacial score (nSPS) is 17.5. The Morgan fingerprint density at radius 3 is 1.89 bits per heavy atom. The lowest BCUT2D eigenvalue weighted by Crippen LogP contribution is -2.61. The van der Waals surface area contributed by atoms with Gasteiger partial charge in [0.15, 0.2) is 0 Å². The van der Waals surface area contributed by atoms with Crippen LogP contribution in [0.25, 0.3) is 0 Å². The molecule has 2 rings (SSSR count). The van der Waals surface area contributed by atoms with Crippen LogP contribution in [-0.2, 0) is 54.4 Å². The highest BCUT2D eigenvalue weighted by atomic mass is 32.2. The summed E-state index contributed by atoms with van der Waals surface area (Å²) in [5.74, 6) is -8.44. The molecule has 0 radical (unpaired) electrons. The molecule has 66 heavy (non-hydrogen) atoms. The smallest absolute Gasteiger partial charge is 0.326 e. The second-order valence-electron chi connectivity index (χ2n) is 16.2. The van der Waals surface area contributed by atoms with Crippen molar-refractivity contribution < 1.29 is 58.2 Å². The maximum absolute atomic E-state index is 13.8. The highest BCUT2D eigenvalue weighted by Gasteiger charge is 2.38. The maximum atomic E-state index is 13.8. The lowest BCUT2D eigenvalue weighted by molar-refractivity contribution is -0.143. The average molecular weight is 950 g/mol. The van der Waals surface area contributed by atoms with Gasteiger partial charge in [-0.3, -0.25) is 43.2 Å². The number of carboxylic acid groups (broad SMARTS) is 1. The summed E-state index contributed by atoms with van der Waals surface area (Å²) < 4.78 is 0. The van der Waals surface area contributed by atoms with Crippen LogP contribution >= 0.6 is 11.8 Å². The number of nitrogens with one attached hydrogen (secondary N) is 7. The summed E-state index contributed by atoms with van der Waals surface area (Å²) >= 11 is 1.36. The standard InChI is InChI=1S/C42H67N11O12S/c1-22(47-39(61)31-15-11-18-53(31)41(63)24(3)48-36(58)27(44)14-9-10-17-43)34(56)50-30(21-32(45)55)38(60)51-29(20-26-12-7-6-8-13-26)37(59)46-23(2)35(57)52-33(25(4)54)40(62)49-28(42(64)65)16-19-66-5/h6-8,12-13,22-25,27-31,33,54H,9-11,14-21,43-44H2,1-5H3,(H2,45,55)(H,46,59)(H,47,61)(H,48,58)(H,49,62)(H,50,56)(H,51,60)(H,52,57)(H,64,65)/t22-,23-,24-,25+,27-,28-,29-,30-,31-,33-/m0/s1. The molecule has 1 saturated heterocycles. The Kier molecular flexibility index (Phi) is 24.1. The number of benzene rings is 1. The van der Waals surface area contributed by atoms with Crippen LogP contribution in [0, 0.1) is 0 Å². The number of nitrogens with zero attached hydrogens (tertiary/aromatic N) is 1. The molecule has 15 N–H and O–H groups in total. The largest absolute Gasteiger partial charge is 0.480 e. The number of aliphatic hydroxyl groups is 1. The van der Waals surface area contributed by atoms with Gasteiger partial charge in [-0.2, -0.15) is 11.8 Å². The molecule has 0 aliphatic carbocycles. The maximum Gasteiger partial charge on any atom is 0.326 e. The molecule has 1 aromatic carbocycles. The fraction of sp³-hybridized carbons (Fsp3) is 0.619. The van der Waals surface area contributed by atoms with Gasteiger partial charge in [0.05, 0.1) is 18.6 Å². The third kappa shape index (κ3) is 18.6.